The number of anilines is 2. The Labute approximate surface area is 132 Å². The lowest BCUT2D eigenvalue weighted by atomic mass is 10.3. The van der Waals surface area contributed by atoms with Gasteiger partial charge in [-0.25, -0.2) is 9.97 Å². The van der Waals surface area contributed by atoms with Crippen LogP contribution in [0.25, 0.3) is 5.65 Å². The summed E-state index contributed by atoms with van der Waals surface area (Å²) < 4.78 is 8.72. The van der Waals surface area contributed by atoms with Crippen LogP contribution in [0, 0.1) is 0 Å². The molecule has 0 bridgehead atoms. The van der Waals surface area contributed by atoms with Gasteiger partial charge in [0, 0.05) is 24.3 Å². The Bertz CT molecular complexity index is 772. The van der Waals surface area contributed by atoms with Crippen molar-refractivity contribution in [3.05, 3.63) is 45.9 Å². The SMILES string of the molecule is COc1ccc(Nc2nc(Br)cn3ccnc23)cc1Br. The molecule has 0 radical (unpaired) electrons. The molecular formula is C13H10Br2N4O. The Morgan fingerprint density at radius 1 is 1.30 bits per heavy atom. The number of imidazole rings is 1. The number of hydrogen-bond donors (Lipinski definition) is 1. The van der Waals surface area contributed by atoms with Gasteiger partial charge in [0.05, 0.1) is 11.6 Å². The van der Waals surface area contributed by atoms with Crippen LogP contribution in [0.15, 0.2) is 45.9 Å². The van der Waals surface area contributed by atoms with Gasteiger partial charge in [0.1, 0.15) is 10.4 Å². The average molecular weight is 398 g/mol. The summed E-state index contributed by atoms with van der Waals surface area (Å²) in [6, 6.07) is 5.74. The summed E-state index contributed by atoms with van der Waals surface area (Å²) in [5.41, 5.74) is 1.66. The van der Waals surface area contributed by atoms with Crippen LogP contribution in [-0.2, 0) is 0 Å². The van der Waals surface area contributed by atoms with E-state index in [2.05, 4.69) is 47.1 Å². The summed E-state index contributed by atoms with van der Waals surface area (Å²) in [6.07, 6.45) is 5.47. The van der Waals surface area contributed by atoms with Crippen LogP contribution in [0.5, 0.6) is 5.75 Å². The molecule has 0 saturated heterocycles. The molecule has 3 aromatic rings. The zero-order chi connectivity index (χ0) is 14.1. The molecule has 0 fully saturated rings. The molecule has 7 heteroatoms. The molecule has 3 rings (SSSR count). The standard InChI is InChI=1S/C13H10Br2N4O/c1-20-10-3-2-8(6-9(10)14)17-12-13-16-4-5-19(13)7-11(15)18-12/h2-7H,1H3,(H,17,18). The van der Waals surface area contributed by atoms with Crippen LogP contribution in [0.2, 0.25) is 0 Å². The van der Waals surface area contributed by atoms with Gasteiger partial charge in [-0.05, 0) is 50.1 Å². The third-order valence-corrected chi connectivity index (χ3v) is 3.76. The van der Waals surface area contributed by atoms with E-state index in [9.17, 15) is 0 Å². The molecule has 1 aromatic carbocycles. The van der Waals surface area contributed by atoms with E-state index in [0.717, 1.165) is 26.2 Å². The lowest BCUT2D eigenvalue weighted by Gasteiger charge is -2.09. The first-order chi connectivity index (χ1) is 9.67. The van der Waals surface area contributed by atoms with Gasteiger partial charge < -0.3 is 14.5 Å². The number of benzene rings is 1. The Hall–Kier alpha value is -1.60. The molecule has 0 saturated carbocycles. The summed E-state index contributed by atoms with van der Waals surface area (Å²) in [6.45, 7) is 0. The van der Waals surface area contributed by atoms with Gasteiger partial charge in [-0.1, -0.05) is 0 Å². The average Bonchev–Trinajstić information content (AvgIpc) is 2.87. The highest BCUT2D eigenvalue weighted by Crippen LogP contribution is 2.29. The summed E-state index contributed by atoms with van der Waals surface area (Å²) in [5.74, 6) is 1.46. The number of ether oxygens (including phenoxy) is 1. The maximum Gasteiger partial charge on any atom is 0.180 e. The third-order valence-electron chi connectivity index (χ3n) is 2.76. The van der Waals surface area contributed by atoms with Gasteiger partial charge in [-0.2, -0.15) is 0 Å². The van der Waals surface area contributed by atoms with Crippen LogP contribution < -0.4 is 10.1 Å². The predicted octanol–water partition coefficient (Wildman–Crippen LogP) is 4.01. The van der Waals surface area contributed by atoms with Gasteiger partial charge in [-0.15, -0.1) is 0 Å². The van der Waals surface area contributed by atoms with Crippen molar-refractivity contribution in [2.75, 3.05) is 12.4 Å². The van der Waals surface area contributed by atoms with Gasteiger partial charge in [0.2, 0.25) is 0 Å². The fraction of sp³-hybridized carbons (Fsp3) is 0.0769. The molecule has 102 valence electrons. The molecule has 0 aliphatic rings. The van der Waals surface area contributed by atoms with Crippen molar-refractivity contribution in [3.63, 3.8) is 0 Å². The second kappa shape index (κ2) is 5.41. The largest absolute Gasteiger partial charge is 0.496 e. The maximum absolute atomic E-state index is 5.21. The normalized spacial score (nSPS) is 10.8. The molecule has 2 aromatic heterocycles. The number of hydrogen-bond acceptors (Lipinski definition) is 4. The minimum Gasteiger partial charge on any atom is -0.496 e. The fourth-order valence-corrected chi connectivity index (χ4v) is 2.80. The van der Waals surface area contributed by atoms with E-state index in [0.29, 0.717) is 5.82 Å². The highest BCUT2D eigenvalue weighted by atomic mass is 79.9. The second-order valence-corrected chi connectivity index (χ2v) is 5.71. The summed E-state index contributed by atoms with van der Waals surface area (Å²) in [7, 11) is 1.64. The number of nitrogens with one attached hydrogen (secondary N) is 1. The quantitative estimate of drug-likeness (QED) is 0.725. The molecule has 1 N–H and O–H groups in total. The van der Waals surface area contributed by atoms with E-state index >= 15 is 0 Å². The van der Waals surface area contributed by atoms with Crippen molar-refractivity contribution in [2.45, 2.75) is 0 Å². The first-order valence-electron chi connectivity index (χ1n) is 5.77. The number of rotatable bonds is 3. The predicted molar refractivity (Wildman–Crippen MR) is 84.7 cm³/mol. The highest BCUT2D eigenvalue weighted by Gasteiger charge is 2.08. The molecule has 20 heavy (non-hydrogen) atoms. The zero-order valence-corrected chi connectivity index (χ0v) is 13.6. The lowest BCUT2D eigenvalue weighted by Crippen LogP contribution is -1.99. The number of methoxy groups -OCH3 is 1. The van der Waals surface area contributed by atoms with E-state index in [-0.39, 0.29) is 0 Å². The second-order valence-electron chi connectivity index (χ2n) is 4.04. The molecule has 2 heterocycles. The Morgan fingerprint density at radius 3 is 2.90 bits per heavy atom. The summed E-state index contributed by atoms with van der Waals surface area (Å²) >= 11 is 6.85. The van der Waals surface area contributed by atoms with Crippen molar-refractivity contribution < 1.29 is 4.74 Å². The number of halogens is 2. The molecule has 0 aliphatic heterocycles. The first-order valence-corrected chi connectivity index (χ1v) is 7.36. The van der Waals surface area contributed by atoms with Gasteiger partial charge in [0.25, 0.3) is 0 Å². The van der Waals surface area contributed by atoms with Crippen LogP contribution in [-0.4, -0.2) is 21.5 Å². The molecule has 5 nitrogen and oxygen atoms in total. The van der Waals surface area contributed by atoms with E-state index in [4.69, 9.17) is 4.74 Å². The molecule has 0 spiro atoms. The van der Waals surface area contributed by atoms with Gasteiger partial charge in [0.15, 0.2) is 11.5 Å². The van der Waals surface area contributed by atoms with Gasteiger partial charge >= 0.3 is 0 Å². The zero-order valence-electron chi connectivity index (χ0n) is 10.5. The Balaban J connectivity index is 2.00. The van der Waals surface area contributed by atoms with Crippen LogP contribution >= 0.6 is 31.9 Å². The van der Waals surface area contributed by atoms with E-state index in [1.165, 1.54) is 0 Å². The Kier molecular flexibility index (Phi) is 3.62. The molecule has 0 atom stereocenters. The van der Waals surface area contributed by atoms with Crippen molar-refractivity contribution in [2.24, 2.45) is 0 Å². The topological polar surface area (TPSA) is 51.5 Å². The Morgan fingerprint density at radius 2 is 2.15 bits per heavy atom. The van der Waals surface area contributed by atoms with Crippen LogP contribution in [0.4, 0.5) is 11.5 Å². The maximum atomic E-state index is 5.21. The lowest BCUT2D eigenvalue weighted by molar-refractivity contribution is 0.412. The molecule has 0 unspecified atom stereocenters. The van der Waals surface area contributed by atoms with E-state index < -0.39 is 0 Å². The van der Waals surface area contributed by atoms with Crippen LogP contribution in [0.3, 0.4) is 0 Å². The molecule has 0 amide bonds. The first kappa shape index (κ1) is 13.4. The fourth-order valence-electron chi connectivity index (χ4n) is 1.87. The minimum atomic E-state index is 0.682. The van der Waals surface area contributed by atoms with E-state index in [1.807, 2.05) is 35.0 Å². The van der Waals surface area contributed by atoms with Gasteiger partial charge in [-0.3, -0.25) is 0 Å². The third kappa shape index (κ3) is 2.51. The number of fused-ring (bicyclic) bond motifs is 1. The molecular weight excluding hydrogens is 388 g/mol. The van der Waals surface area contributed by atoms with Crippen molar-refractivity contribution in [1.82, 2.24) is 14.4 Å². The summed E-state index contributed by atoms with van der Waals surface area (Å²) in [5, 5.41) is 3.26. The van der Waals surface area contributed by atoms with E-state index in [1.54, 1.807) is 13.3 Å². The van der Waals surface area contributed by atoms with Crippen molar-refractivity contribution in [3.8, 4) is 5.75 Å². The van der Waals surface area contributed by atoms with Crippen LogP contribution in [0.1, 0.15) is 0 Å². The number of aromatic nitrogens is 3. The van der Waals surface area contributed by atoms with Crippen molar-refractivity contribution in [1.29, 1.82) is 0 Å². The minimum absolute atomic E-state index is 0.682. The smallest absolute Gasteiger partial charge is 0.180 e. The monoisotopic (exact) mass is 396 g/mol. The molecule has 0 aliphatic carbocycles. The summed E-state index contributed by atoms with van der Waals surface area (Å²) in [4.78, 5) is 8.71. The highest BCUT2D eigenvalue weighted by molar-refractivity contribution is 9.10. The van der Waals surface area contributed by atoms with Crippen molar-refractivity contribution >= 4 is 49.0 Å². The number of nitrogens with zero attached hydrogens (tertiary/aromatic N) is 3.